The molecule has 0 rings (SSSR count). The third-order valence-corrected chi connectivity index (χ3v) is 9.98. The maximum Gasteiger partial charge on any atom is 0.191 e. The van der Waals surface area contributed by atoms with E-state index in [0.717, 1.165) is 6.61 Å². The molecule has 0 radical (unpaired) electrons. The van der Waals surface area contributed by atoms with E-state index in [4.69, 9.17) is 4.43 Å². The molecule has 0 aromatic rings. The van der Waals surface area contributed by atoms with Crippen LogP contribution in [0.3, 0.4) is 0 Å². The van der Waals surface area contributed by atoms with E-state index in [2.05, 4.69) is 53.5 Å². The highest BCUT2D eigenvalue weighted by Gasteiger charge is 2.36. The van der Waals surface area contributed by atoms with Gasteiger partial charge in [0.1, 0.15) is 0 Å². The largest absolute Gasteiger partial charge is 0.417 e. The number of unbranched alkanes of at least 4 members (excludes halogenated alkanes) is 1. The summed E-state index contributed by atoms with van der Waals surface area (Å²) in [5.41, 5.74) is 0. The first-order valence-corrected chi connectivity index (χ1v) is 13.2. The molecule has 0 aliphatic heterocycles. The molecule has 0 amide bonds. The van der Waals surface area contributed by atoms with Crippen molar-refractivity contribution in [1.82, 2.24) is 0 Å². The van der Waals surface area contributed by atoms with E-state index < -0.39 is 16.4 Å². The Bertz CT molecular complexity index is 199. The smallest absolute Gasteiger partial charge is 0.191 e. The summed E-state index contributed by atoms with van der Waals surface area (Å²) in [5, 5.41) is 0.353. The maximum absolute atomic E-state index is 6.16. The van der Waals surface area contributed by atoms with Crippen LogP contribution < -0.4 is 0 Å². The molecule has 0 aliphatic rings. The average Bonchev–Trinajstić information content (AvgIpc) is 1.98. The Balaban J connectivity index is 3.75. The van der Waals surface area contributed by atoms with Gasteiger partial charge in [-0.05, 0) is 24.6 Å². The molecule has 1 nitrogen and oxygen atoms in total. The highest BCUT2D eigenvalue weighted by Crippen LogP contribution is 2.36. The van der Waals surface area contributed by atoms with Crippen LogP contribution in [-0.2, 0) is 4.43 Å². The third-order valence-electron chi connectivity index (χ3n) is 3.59. The predicted octanol–water partition coefficient (Wildman–Crippen LogP) is 5.13. The lowest BCUT2D eigenvalue weighted by molar-refractivity contribution is 0.281. The number of hydrogen-bond acceptors (Lipinski definition) is 1. The van der Waals surface area contributed by atoms with Crippen molar-refractivity contribution in [3.8, 4) is 0 Å². The van der Waals surface area contributed by atoms with Gasteiger partial charge >= 0.3 is 0 Å². The molecule has 0 saturated heterocycles. The molecular formula is C13H32OSi2. The minimum absolute atomic E-state index is 0.353. The SMILES string of the molecule is CC(C)(C)[Si](C)(C)OCCCC[Si](C)(C)C. The van der Waals surface area contributed by atoms with Crippen LogP contribution in [-0.4, -0.2) is 23.0 Å². The first-order valence-electron chi connectivity index (χ1n) is 6.60. The van der Waals surface area contributed by atoms with Gasteiger partial charge in [0.2, 0.25) is 0 Å². The molecule has 0 aromatic heterocycles. The molecule has 0 fully saturated rings. The molecule has 0 heterocycles. The first kappa shape index (κ1) is 16.4. The van der Waals surface area contributed by atoms with Crippen LogP contribution in [0.1, 0.15) is 33.6 Å². The van der Waals surface area contributed by atoms with Crippen molar-refractivity contribution >= 4 is 16.4 Å². The third kappa shape index (κ3) is 6.87. The fourth-order valence-corrected chi connectivity index (χ4v) is 3.70. The Kier molecular flexibility index (Phi) is 5.97. The van der Waals surface area contributed by atoms with Crippen LogP contribution in [0.2, 0.25) is 43.8 Å². The second kappa shape index (κ2) is 5.83. The summed E-state index contributed by atoms with van der Waals surface area (Å²) >= 11 is 0. The van der Waals surface area contributed by atoms with E-state index in [9.17, 15) is 0 Å². The van der Waals surface area contributed by atoms with Gasteiger partial charge in [0, 0.05) is 14.7 Å². The predicted molar refractivity (Wildman–Crippen MR) is 80.5 cm³/mol. The summed E-state index contributed by atoms with van der Waals surface area (Å²) in [6.45, 7) is 19.9. The Hall–Kier alpha value is 0.394. The normalized spacial score (nSPS) is 14.2. The molecule has 0 spiro atoms. The van der Waals surface area contributed by atoms with E-state index in [-0.39, 0.29) is 0 Å². The summed E-state index contributed by atoms with van der Waals surface area (Å²) in [4.78, 5) is 0. The molecule has 0 unspecified atom stereocenters. The Morgan fingerprint density at radius 2 is 1.38 bits per heavy atom. The topological polar surface area (TPSA) is 9.23 Å². The zero-order chi connectivity index (χ0) is 13.0. The molecule has 0 bridgehead atoms. The number of hydrogen-bond donors (Lipinski definition) is 0. The van der Waals surface area contributed by atoms with Crippen molar-refractivity contribution in [3.05, 3.63) is 0 Å². The van der Waals surface area contributed by atoms with Gasteiger partial charge in [-0.15, -0.1) is 0 Å². The Morgan fingerprint density at radius 3 is 1.75 bits per heavy atom. The standard InChI is InChI=1S/C13H32OSi2/c1-13(2,3)16(7,8)14-11-9-10-12-15(4,5)6/h9-12H2,1-8H3. The van der Waals surface area contributed by atoms with Crippen LogP contribution in [0.15, 0.2) is 0 Å². The van der Waals surface area contributed by atoms with Gasteiger partial charge in [-0.25, -0.2) is 0 Å². The van der Waals surface area contributed by atoms with Crippen molar-refractivity contribution in [2.45, 2.75) is 77.4 Å². The van der Waals surface area contributed by atoms with Gasteiger partial charge < -0.3 is 4.43 Å². The van der Waals surface area contributed by atoms with Gasteiger partial charge in [0.05, 0.1) is 0 Å². The van der Waals surface area contributed by atoms with Crippen molar-refractivity contribution in [2.24, 2.45) is 0 Å². The lowest BCUT2D eigenvalue weighted by Gasteiger charge is -2.36. The van der Waals surface area contributed by atoms with Crippen LogP contribution in [0.25, 0.3) is 0 Å². The summed E-state index contributed by atoms with van der Waals surface area (Å²) in [5.74, 6) is 0. The molecular weight excluding hydrogens is 228 g/mol. The molecule has 98 valence electrons. The van der Waals surface area contributed by atoms with E-state index in [1.165, 1.54) is 18.9 Å². The summed E-state index contributed by atoms with van der Waals surface area (Å²) < 4.78 is 6.16. The molecule has 3 heteroatoms. The summed E-state index contributed by atoms with van der Waals surface area (Å²) in [6, 6.07) is 1.44. The molecule has 0 aliphatic carbocycles. The van der Waals surface area contributed by atoms with Gasteiger partial charge in [-0.1, -0.05) is 52.9 Å². The van der Waals surface area contributed by atoms with Crippen LogP contribution in [0.5, 0.6) is 0 Å². The van der Waals surface area contributed by atoms with Gasteiger partial charge in [-0.3, -0.25) is 0 Å². The minimum Gasteiger partial charge on any atom is -0.417 e. The molecule has 0 atom stereocenters. The molecule has 16 heavy (non-hydrogen) atoms. The molecule has 0 N–H and O–H groups in total. The second-order valence-corrected chi connectivity index (χ2v) is 18.1. The summed E-state index contributed by atoms with van der Waals surface area (Å²) in [6.07, 6.45) is 2.60. The molecule has 0 saturated carbocycles. The van der Waals surface area contributed by atoms with Gasteiger partial charge in [-0.2, -0.15) is 0 Å². The highest BCUT2D eigenvalue weighted by atomic mass is 28.4. The van der Waals surface area contributed by atoms with Crippen molar-refractivity contribution in [2.75, 3.05) is 6.61 Å². The van der Waals surface area contributed by atoms with E-state index >= 15 is 0 Å². The average molecular weight is 261 g/mol. The Labute approximate surface area is 105 Å². The Morgan fingerprint density at radius 1 is 0.875 bits per heavy atom. The summed E-state index contributed by atoms with van der Waals surface area (Å²) in [7, 11) is -2.32. The van der Waals surface area contributed by atoms with Crippen molar-refractivity contribution < 1.29 is 4.43 Å². The van der Waals surface area contributed by atoms with Crippen molar-refractivity contribution in [1.29, 1.82) is 0 Å². The van der Waals surface area contributed by atoms with Crippen molar-refractivity contribution in [3.63, 3.8) is 0 Å². The zero-order valence-electron chi connectivity index (χ0n) is 12.7. The lowest BCUT2D eigenvalue weighted by Crippen LogP contribution is -2.41. The highest BCUT2D eigenvalue weighted by molar-refractivity contribution is 6.76. The van der Waals surface area contributed by atoms with E-state index in [0.29, 0.717) is 5.04 Å². The van der Waals surface area contributed by atoms with Crippen LogP contribution >= 0.6 is 0 Å². The van der Waals surface area contributed by atoms with Crippen LogP contribution in [0.4, 0.5) is 0 Å². The lowest BCUT2D eigenvalue weighted by atomic mass is 10.2. The number of rotatable bonds is 6. The zero-order valence-corrected chi connectivity index (χ0v) is 14.7. The van der Waals surface area contributed by atoms with E-state index in [1.54, 1.807) is 0 Å². The fraction of sp³-hybridized carbons (Fsp3) is 1.00. The fourth-order valence-electron chi connectivity index (χ4n) is 1.30. The second-order valence-electron chi connectivity index (χ2n) is 7.63. The quantitative estimate of drug-likeness (QED) is 0.475. The molecule has 0 aromatic carbocycles. The van der Waals surface area contributed by atoms with Gasteiger partial charge in [0.25, 0.3) is 0 Å². The maximum atomic E-state index is 6.16. The van der Waals surface area contributed by atoms with Crippen LogP contribution in [0, 0.1) is 0 Å². The first-order chi connectivity index (χ1) is 6.96. The minimum atomic E-state index is -1.49. The van der Waals surface area contributed by atoms with Gasteiger partial charge in [0.15, 0.2) is 8.32 Å². The van der Waals surface area contributed by atoms with E-state index in [1.807, 2.05) is 0 Å². The monoisotopic (exact) mass is 260 g/mol.